The van der Waals surface area contributed by atoms with Gasteiger partial charge in [0, 0.05) is 19.3 Å². The molecular formula is C24H26N2O2. The van der Waals surface area contributed by atoms with E-state index in [0.29, 0.717) is 5.56 Å². The molecule has 3 rings (SSSR count). The molecule has 0 aliphatic carbocycles. The Balaban J connectivity index is 1.73. The number of esters is 1. The molecule has 1 heterocycles. The third-order valence-electron chi connectivity index (χ3n) is 4.88. The van der Waals surface area contributed by atoms with Crippen molar-refractivity contribution in [3.63, 3.8) is 0 Å². The summed E-state index contributed by atoms with van der Waals surface area (Å²) in [6, 6.07) is 22.8. The van der Waals surface area contributed by atoms with Crippen LogP contribution < -0.4 is 4.90 Å². The van der Waals surface area contributed by atoms with Gasteiger partial charge in [0.15, 0.2) is 0 Å². The average Bonchev–Trinajstić information content (AvgIpc) is 2.77. The minimum absolute atomic E-state index is 0.367. The third-order valence-corrected chi connectivity index (χ3v) is 4.88. The number of nitrogens with zero attached hydrogens (tertiary/aromatic N) is 2. The van der Waals surface area contributed by atoms with Gasteiger partial charge < -0.3 is 9.64 Å². The van der Waals surface area contributed by atoms with Crippen LogP contribution in [0.25, 0.3) is 0 Å². The highest BCUT2D eigenvalue weighted by atomic mass is 16.5. The van der Waals surface area contributed by atoms with Crippen LogP contribution in [-0.2, 0) is 24.1 Å². The predicted molar refractivity (Wildman–Crippen MR) is 113 cm³/mol. The van der Waals surface area contributed by atoms with Crippen LogP contribution in [0.5, 0.6) is 0 Å². The minimum atomic E-state index is -0.367. The summed E-state index contributed by atoms with van der Waals surface area (Å²) < 4.78 is 4.75. The highest BCUT2D eigenvalue weighted by molar-refractivity contribution is 5.89. The van der Waals surface area contributed by atoms with Crippen molar-refractivity contribution in [2.45, 2.75) is 26.3 Å². The molecule has 2 aromatic carbocycles. The van der Waals surface area contributed by atoms with Crippen LogP contribution in [0.4, 0.5) is 5.82 Å². The standard InChI is InChI=1S/C24H26N2O2/c1-3-26(23-16-15-21(17-25-23)24(27)28-2)18-22-12-8-7-11-20(22)14-13-19-9-5-4-6-10-19/h4-12,15-17H,3,13-14,18H2,1-2H3. The molecule has 0 N–H and O–H groups in total. The Morgan fingerprint density at radius 3 is 2.29 bits per heavy atom. The number of carbonyl (C=O) groups excluding carboxylic acids is 1. The maximum atomic E-state index is 11.6. The molecule has 0 radical (unpaired) electrons. The van der Waals surface area contributed by atoms with Gasteiger partial charge in [0.05, 0.1) is 12.7 Å². The summed E-state index contributed by atoms with van der Waals surface area (Å²) in [7, 11) is 1.38. The second-order valence-corrected chi connectivity index (χ2v) is 6.67. The Bertz CT molecular complexity index is 892. The number of anilines is 1. The number of methoxy groups -OCH3 is 1. The number of aryl methyl sites for hydroxylation is 2. The SMILES string of the molecule is CCN(Cc1ccccc1CCc1ccccc1)c1ccc(C(=O)OC)cn1. The van der Waals surface area contributed by atoms with E-state index in [1.807, 2.05) is 6.07 Å². The fraction of sp³-hybridized carbons (Fsp3) is 0.250. The highest BCUT2D eigenvalue weighted by Gasteiger charge is 2.12. The zero-order valence-electron chi connectivity index (χ0n) is 16.5. The Kier molecular flexibility index (Phi) is 6.79. The van der Waals surface area contributed by atoms with Crippen molar-refractivity contribution in [2.24, 2.45) is 0 Å². The molecule has 3 aromatic rings. The molecule has 0 bridgehead atoms. The molecule has 0 aliphatic rings. The monoisotopic (exact) mass is 374 g/mol. The smallest absolute Gasteiger partial charge is 0.339 e. The maximum absolute atomic E-state index is 11.6. The Labute approximate surface area is 166 Å². The first kappa shape index (κ1) is 19.6. The molecule has 4 heteroatoms. The highest BCUT2D eigenvalue weighted by Crippen LogP contribution is 2.19. The lowest BCUT2D eigenvalue weighted by Gasteiger charge is -2.23. The second-order valence-electron chi connectivity index (χ2n) is 6.67. The molecule has 28 heavy (non-hydrogen) atoms. The second kappa shape index (κ2) is 9.70. The number of hydrogen-bond donors (Lipinski definition) is 0. The molecule has 0 fully saturated rings. The summed E-state index contributed by atoms with van der Waals surface area (Å²) in [4.78, 5) is 18.3. The summed E-state index contributed by atoms with van der Waals surface area (Å²) in [5, 5.41) is 0. The van der Waals surface area contributed by atoms with E-state index >= 15 is 0 Å². The molecular weight excluding hydrogens is 348 g/mol. The molecule has 0 saturated carbocycles. The number of ether oxygens (including phenoxy) is 1. The van der Waals surface area contributed by atoms with Crippen LogP contribution in [-0.4, -0.2) is 24.6 Å². The number of benzene rings is 2. The van der Waals surface area contributed by atoms with Gasteiger partial charge in [-0.15, -0.1) is 0 Å². The van der Waals surface area contributed by atoms with E-state index in [1.165, 1.54) is 23.8 Å². The van der Waals surface area contributed by atoms with E-state index in [9.17, 15) is 4.79 Å². The summed E-state index contributed by atoms with van der Waals surface area (Å²) in [5.74, 6) is 0.487. The fourth-order valence-corrected chi connectivity index (χ4v) is 3.25. The van der Waals surface area contributed by atoms with Gasteiger partial charge in [0.2, 0.25) is 0 Å². The van der Waals surface area contributed by atoms with Crippen LogP contribution in [0.15, 0.2) is 72.9 Å². The zero-order valence-corrected chi connectivity index (χ0v) is 16.5. The van der Waals surface area contributed by atoms with Crippen molar-refractivity contribution in [1.82, 2.24) is 4.98 Å². The van der Waals surface area contributed by atoms with Gasteiger partial charge in [-0.05, 0) is 48.6 Å². The normalized spacial score (nSPS) is 10.5. The fourth-order valence-electron chi connectivity index (χ4n) is 3.25. The van der Waals surface area contributed by atoms with Crippen molar-refractivity contribution < 1.29 is 9.53 Å². The molecule has 1 aromatic heterocycles. The van der Waals surface area contributed by atoms with Crippen LogP contribution in [0.3, 0.4) is 0 Å². The zero-order chi connectivity index (χ0) is 19.8. The summed E-state index contributed by atoms with van der Waals surface area (Å²) in [5.41, 5.74) is 4.48. The van der Waals surface area contributed by atoms with Gasteiger partial charge in [-0.3, -0.25) is 0 Å². The number of rotatable bonds is 8. The molecule has 0 aliphatic heterocycles. The molecule has 0 spiro atoms. The van der Waals surface area contributed by atoms with Gasteiger partial charge in [0.1, 0.15) is 5.82 Å². The summed E-state index contributed by atoms with van der Waals surface area (Å²) >= 11 is 0. The van der Waals surface area contributed by atoms with E-state index in [0.717, 1.165) is 31.7 Å². The van der Waals surface area contributed by atoms with Gasteiger partial charge >= 0.3 is 5.97 Å². The number of aromatic nitrogens is 1. The minimum Gasteiger partial charge on any atom is -0.465 e. The number of pyridine rings is 1. The van der Waals surface area contributed by atoms with Crippen molar-refractivity contribution in [1.29, 1.82) is 0 Å². The first-order valence-corrected chi connectivity index (χ1v) is 9.61. The molecule has 0 amide bonds. The van der Waals surface area contributed by atoms with Gasteiger partial charge in [0.25, 0.3) is 0 Å². The van der Waals surface area contributed by atoms with E-state index in [4.69, 9.17) is 4.74 Å². The maximum Gasteiger partial charge on any atom is 0.339 e. The number of carbonyl (C=O) groups is 1. The van der Waals surface area contributed by atoms with Crippen LogP contribution >= 0.6 is 0 Å². The lowest BCUT2D eigenvalue weighted by molar-refractivity contribution is 0.0600. The lowest BCUT2D eigenvalue weighted by atomic mass is 9.99. The Hall–Kier alpha value is -3.14. The van der Waals surface area contributed by atoms with Crippen LogP contribution in [0.1, 0.15) is 34.0 Å². The Morgan fingerprint density at radius 1 is 0.929 bits per heavy atom. The van der Waals surface area contributed by atoms with E-state index in [1.54, 1.807) is 12.3 Å². The van der Waals surface area contributed by atoms with Gasteiger partial charge in [-0.1, -0.05) is 54.6 Å². The topological polar surface area (TPSA) is 42.4 Å². The summed E-state index contributed by atoms with van der Waals surface area (Å²) in [6.45, 7) is 3.73. The van der Waals surface area contributed by atoms with Crippen molar-refractivity contribution in [3.8, 4) is 0 Å². The molecule has 144 valence electrons. The Morgan fingerprint density at radius 2 is 1.64 bits per heavy atom. The van der Waals surface area contributed by atoms with Gasteiger partial charge in [-0.2, -0.15) is 0 Å². The molecule has 0 unspecified atom stereocenters. The predicted octanol–water partition coefficient (Wildman–Crippen LogP) is 4.68. The largest absolute Gasteiger partial charge is 0.465 e. The quantitative estimate of drug-likeness (QED) is 0.537. The van der Waals surface area contributed by atoms with E-state index in [2.05, 4.69) is 71.4 Å². The van der Waals surface area contributed by atoms with E-state index in [-0.39, 0.29) is 5.97 Å². The van der Waals surface area contributed by atoms with Crippen molar-refractivity contribution in [3.05, 3.63) is 95.2 Å². The number of hydrogen-bond acceptors (Lipinski definition) is 4. The van der Waals surface area contributed by atoms with Crippen molar-refractivity contribution >= 4 is 11.8 Å². The third kappa shape index (κ3) is 4.97. The van der Waals surface area contributed by atoms with Gasteiger partial charge in [-0.25, -0.2) is 9.78 Å². The van der Waals surface area contributed by atoms with Crippen LogP contribution in [0, 0.1) is 0 Å². The van der Waals surface area contributed by atoms with E-state index < -0.39 is 0 Å². The molecule has 4 nitrogen and oxygen atoms in total. The van der Waals surface area contributed by atoms with Crippen molar-refractivity contribution in [2.75, 3.05) is 18.6 Å². The molecule has 0 atom stereocenters. The average molecular weight is 374 g/mol. The summed E-state index contributed by atoms with van der Waals surface area (Å²) in [6.07, 6.45) is 3.60. The van der Waals surface area contributed by atoms with Crippen LogP contribution in [0.2, 0.25) is 0 Å². The first-order valence-electron chi connectivity index (χ1n) is 9.61. The lowest BCUT2D eigenvalue weighted by Crippen LogP contribution is -2.24. The first-order chi connectivity index (χ1) is 13.7. The molecule has 0 saturated heterocycles.